The SMILES string of the molecule is CC(C)c1ccc(OCc2nc(C(=O)N[C@H]3CCCC[C@H]3NC(=O)CCC3CCCC3)cs2)cc1. The van der Waals surface area contributed by atoms with Crippen molar-refractivity contribution in [2.45, 2.75) is 103 Å². The number of ether oxygens (including phenoxy) is 1. The summed E-state index contributed by atoms with van der Waals surface area (Å²) in [5, 5.41) is 8.91. The lowest BCUT2D eigenvalue weighted by molar-refractivity contribution is -0.122. The monoisotopic (exact) mass is 497 g/mol. The number of benzene rings is 1. The van der Waals surface area contributed by atoms with Gasteiger partial charge in [0.05, 0.1) is 0 Å². The first-order valence-corrected chi connectivity index (χ1v) is 14.1. The zero-order valence-electron chi connectivity index (χ0n) is 21.1. The van der Waals surface area contributed by atoms with Gasteiger partial charge in [-0.2, -0.15) is 0 Å². The molecule has 2 saturated carbocycles. The van der Waals surface area contributed by atoms with Crippen LogP contribution >= 0.6 is 11.3 Å². The number of carbonyl (C=O) groups is 2. The summed E-state index contributed by atoms with van der Waals surface area (Å²) in [5.74, 6) is 1.94. The smallest absolute Gasteiger partial charge is 0.271 e. The predicted octanol–water partition coefficient (Wildman–Crippen LogP) is 5.97. The van der Waals surface area contributed by atoms with Gasteiger partial charge >= 0.3 is 0 Å². The minimum Gasteiger partial charge on any atom is -0.486 e. The number of amides is 2. The van der Waals surface area contributed by atoms with E-state index in [1.54, 1.807) is 5.38 Å². The van der Waals surface area contributed by atoms with Crippen LogP contribution in [-0.4, -0.2) is 28.9 Å². The molecule has 0 aliphatic heterocycles. The van der Waals surface area contributed by atoms with Gasteiger partial charge in [0.25, 0.3) is 5.91 Å². The molecule has 2 atom stereocenters. The van der Waals surface area contributed by atoms with E-state index >= 15 is 0 Å². The van der Waals surface area contributed by atoms with Gasteiger partial charge in [-0.25, -0.2) is 4.98 Å². The highest BCUT2D eigenvalue weighted by atomic mass is 32.1. The number of hydrogen-bond acceptors (Lipinski definition) is 5. The molecule has 0 bridgehead atoms. The van der Waals surface area contributed by atoms with E-state index in [1.165, 1.54) is 42.6 Å². The molecule has 1 aromatic carbocycles. The highest BCUT2D eigenvalue weighted by molar-refractivity contribution is 7.09. The van der Waals surface area contributed by atoms with E-state index in [0.717, 1.165) is 42.9 Å². The Bertz CT molecular complexity index is 966. The highest BCUT2D eigenvalue weighted by Crippen LogP contribution is 2.28. The molecule has 2 aliphatic carbocycles. The molecule has 0 spiro atoms. The molecule has 2 aliphatic rings. The van der Waals surface area contributed by atoms with Crippen molar-refractivity contribution < 1.29 is 14.3 Å². The van der Waals surface area contributed by atoms with Gasteiger partial charge in [0.1, 0.15) is 23.1 Å². The van der Waals surface area contributed by atoms with E-state index in [1.807, 2.05) is 12.1 Å². The molecule has 2 N–H and O–H groups in total. The first-order valence-electron chi connectivity index (χ1n) is 13.3. The Balaban J connectivity index is 1.25. The fourth-order valence-corrected chi connectivity index (χ4v) is 5.89. The minimum atomic E-state index is -0.175. The maximum Gasteiger partial charge on any atom is 0.271 e. The van der Waals surface area contributed by atoms with Crippen molar-refractivity contribution in [3.05, 3.63) is 45.9 Å². The Morgan fingerprint density at radius 2 is 1.66 bits per heavy atom. The molecule has 35 heavy (non-hydrogen) atoms. The van der Waals surface area contributed by atoms with Crippen LogP contribution in [0.4, 0.5) is 0 Å². The Morgan fingerprint density at radius 1 is 1.00 bits per heavy atom. The van der Waals surface area contributed by atoms with E-state index in [-0.39, 0.29) is 23.9 Å². The van der Waals surface area contributed by atoms with Crippen molar-refractivity contribution in [2.24, 2.45) is 5.92 Å². The average molecular weight is 498 g/mol. The summed E-state index contributed by atoms with van der Waals surface area (Å²) in [6, 6.07) is 8.06. The van der Waals surface area contributed by atoms with Crippen LogP contribution in [0.3, 0.4) is 0 Å². The van der Waals surface area contributed by atoms with Crippen LogP contribution in [0.25, 0.3) is 0 Å². The van der Waals surface area contributed by atoms with E-state index in [9.17, 15) is 9.59 Å². The molecule has 0 saturated heterocycles. The summed E-state index contributed by atoms with van der Waals surface area (Å²) in [6.45, 7) is 4.67. The third-order valence-electron chi connectivity index (χ3n) is 7.38. The van der Waals surface area contributed by atoms with E-state index in [0.29, 0.717) is 30.6 Å². The summed E-state index contributed by atoms with van der Waals surface area (Å²) < 4.78 is 5.86. The first-order chi connectivity index (χ1) is 17.0. The molecule has 1 heterocycles. The number of hydrogen-bond donors (Lipinski definition) is 2. The predicted molar refractivity (Wildman–Crippen MR) is 140 cm³/mol. The Labute approximate surface area is 213 Å². The van der Waals surface area contributed by atoms with Gasteiger partial charge in [-0.1, -0.05) is 64.5 Å². The van der Waals surface area contributed by atoms with Crippen LogP contribution in [0.5, 0.6) is 5.75 Å². The van der Waals surface area contributed by atoms with Gasteiger partial charge in [0, 0.05) is 23.9 Å². The van der Waals surface area contributed by atoms with Crippen molar-refractivity contribution in [1.82, 2.24) is 15.6 Å². The number of nitrogens with zero attached hydrogens (tertiary/aromatic N) is 1. The maximum absolute atomic E-state index is 12.9. The molecule has 2 amide bonds. The van der Waals surface area contributed by atoms with Gasteiger partial charge in [-0.15, -0.1) is 11.3 Å². The second-order valence-corrected chi connectivity index (χ2v) is 11.3. The molecule has 7 heteroatoms. The van der Waals surface area contributed by atoms with E-state index < -0.39 is 0 Å². The molecule has 4 rings (SSSR count). The molecule has 1 aromatic heterocycles. The van der Waals surface area contributed by atoms with Gasteiger partial charge in [0.15, 0.2) is 0 Å². The number of rotatable bonds is 10. The second-order valence-electron chi connectivity index (χ2n) is 10.4. The van der Waals surface area contributed by atoms with Crippen LogP contribution in [0.15, 0.2) is 29.6 Å². The summed E-state index contributed by atoms with van der Waals surface area (Å²) in [6.07, 6.45) is 10.6. The van der Waals surface area contributed by atoms with Crippen molar-refractivity contribution in [2.75, 3.05) is 0 Å². The zero-order valence-corrected chi connectivity index (χ0v) is 21.9. The van der Waals surface area contributed by atoms with Gasteiger partial charge in [-0.05, 0) is 48.8 Å². The van der Waals surface area contributed by atoms with Crippen LogP contribution in [-0.2, 0) is 11.4 Å². The molecule has 0 unspecified atom stereocenters. The van der Waals surface area contributed by atoms with Crippen molar-refractivity contribution in [3.63, 3.8) is 0 Å². The third kappa shape index (κ3) is 7.53. The quantitative estimate of drug-likeness (QED) is 0.424. The van der Waals surface area contributed by atoms with Crippen LogP contribution in [0, 0.1) is 5.92 Å². The summed E-state index contributed by atoms with van der Waals surface area (Å²) in [5.41, 5.74) is 1.69. The Kier molecular flexibility index (Phi) is 9.18. The normalized spacial score (nSPS) is 20.7. The second kappa shape index (κ2) is 12.5. The van der Waals surface area contributed by atoms with Crippen LogP contribution in [0.2, 0.25) is 0 Å². The minimum absolute atomic E-state index is 0.000900. The Morgan fingerprint density at radius 3 is 2.34 bits per heavy atom. The molecular weight excluding hydrogens is 458 g/mol. The molecule has 2 aromatic rings. The van der Waals surface area contributed by atoms with Crippen LogP contribution < -0.4 is 15.4 Å². The fraction of sp³-hybridized carbons (Fsp3) is 0.607. The third-order valence-corrected chi connectivity index (χ3v) is 8.20. The maximum atomic E-state index is 12.9. The topological polar surface area (TPSA) is 80.3 Å². The van der Waals surface area contributed by atoms with Gasteiger partial charge < -0.3 is 15.4 Å². The highest BCUT2D eigenvalue weighted by Gasteiger charge is 2.29. The standard InChI is InChI=1S/C28H39N3O3S/c1-19(2)21-12-14-22(15-13-21)34-17-27-30-25(18-35-27)28(33)31-24-10-6-5-9-23(24)29-26(32)16-11-20-7-3-4-8-20/h12-15,18-20,23-24H,3-11,16-17H2,1-2H3,(H,29,32)(H,31,33)/t23-,24+/m1/s1. The molecule has 190 valence electrons. The molecule has 6 nitrogen and oxygen atoms in total. The number of aromatic nitrogens is 1. The number of nitrogens with one attached hydrogen (secondary N) is 2. The average Bonchev–Trinajstić information content (AvgIpc) is 3.55. The van der Waals surface area contributed by atoms with Gasteiger partial charge in [0.2, 0.25) is 5.91 Å². The zero-order chi connectivity index (χ0) is 24.6. The molecular formula is C28H39N3O3S. The van der Waals surface area contributed by atoms with Crippen molar-refractivity contribution >= 4 is 23.2 Å². The largest absolute Gasteiger partial charge is 0.486 e. The van der Waals surface area contributed by atoms with Crippen molar-refractivity contribution in [3.8, 4) is 5.75 Å². The summed E-state index contributed by atoms with van der Waals surface area (Å²) in [4.78, 5) is 30.0. The van der Waals surface area contributed by atoms with Crippen LogP contribution in [0.1, 0.15) is 105 Å². The van der Waals surface area contributed by atoms with Crippen molar-refractivity contribution in [1.29, 1.82) is 0 Å². The lowest BCUT2D eigenvalue weighted by Gasteiger charge is -2.32. The number of carbonyl (C=O) groups excluding carboxylic acids is 2. The lowest BCUT2D eigenvalue weighted by Crippen LogP contribution is -2.53. The van der Waals surface area contributed by atoms with E-state index in [4.69, 9.17) is 4.74 Å². The summed E-state index contributed by atoms with van der Waals surface area (Å²) in [7, 11) is 0. The summed E-state index contributed by atoms with van der Waals surface area (Å²) >= 11 is 1.43. The fourth-order valence-electron chi connectivity index (χ4n) is 5.21. The van der Waals surface area contributed by atoms with Gasteiger partial charge in [-0.3, -0.25) is 9.59 Å². The van der Waals surface area contributed by atoms with E-state index in [2.05, 4.69) is 41.6 Å². The molecule has 0 radical (unpaired) electrons. The number of thiazole rings is 1. The lowest BCUT2D eigenvalue weighted by atomic mass is 9.90. The molecule has 2 fully saturated rings. The Hall–Kier alpha value is -2.41. The first kappa shape index (κ1) is 25.7.